The number of carbonyl (C=O) groups is 2. The van der Waals surface area contributed by atoms with Crippen molar-refractivity contribution in [3.8, 4) is 0 Å². The molecule has 3 rings (SSSR count). The summed E-state index contributed by atoms with van der Waals surface area (Å²) in [4.78, 5) is 26.7. The van der Waals surface area contributed by atoms with Crippen molar-refractivity contribution in [2.45, 2.75) is 41.5 Å². The van der Waals surface area contributed by atoms with Crippen LogP contribution >= 0.6 is 11.6 Å². The van der Waals surface area contributed by atoms with E-state index in [4.69, 9.17) is 11.6 Å². The van der Waals surface area contributed by atoms with Crippen molar-refractivity contribution in [3.05, 3.63) is 52.6 Å². The lowest BCUT2D eigenvalue weighted by Crippen LogP contribution is -2.49. The lowest BCUT2D eigenvalue weighted by Gasteiger charge is -2.40. The van der Waals surface area contributed by atoms with Gasteiger partial charge in [-0.1, -0.05) is 76.9 Å². The molecule has 25 heavy (non-hydrogen) atoms. The second kappa shape index (κ2) is 5.41. The molecule has 0 heterocycles. The van der Waals surface area contributed by atoms with Gasteiger partial charge in [-0.15, -0.1) is 0 Å². The molecule has 0 amide bonds. The highest BCUT2D eigenvalue weighted by molar-refractivity contribution is 6.30. The van der Waals surface area contributed by atoms with Gasteiger partial charge in [0.25, 0.3) is 0 Å². The molecule has 1 aromatic carbocycles. The Morgan fingerprint density at radius 2 is 1.52 bits per heavy atom. The third kappa shape index (κ3) is 2.54. The van der Waals surface area contributed by atoms with Crippen LogP contribution in [0.1, 0.15) is 47.1 Å². The molecular weight excluding hydrogens is 332 g/mol. The summed E-state index contributed by atoms with van der Waals surface area (Å²) in [6, 6.07) is 7.37. The van der Waals surface area contributed by atoms with Gasteiger partial charge >= 0.3 is 0 Å². The number of benzene rings is 1. The van der Waals surface area contributed by atoms with E-state index in [-0.39, 0.29) is 22.9 Å². The van der Waals surface area contributed by atoms with Crippen LogP contribution < -0.4 is 0 Å². The van der Waals surface area contributed by atoms with Crippen LogP contribution in [-0.2, 0) is 9.59 Å². The second-order valence-electron chi connectivity index (χ2n) is 9.18. The van der Waals surface area contributed by atoms with Gasteiger partial charge in [-0.25, -0.2) is 0 Å². The number of halogens is 1. The first-order valence-electron chi connectivity index (χ1n) is 8.69. The molecule has 0 spiro atoms. The number of carbonyl (C=O) groups excluding carboxylic acids is 2. The fourth-order valence-corrected chi connectivity index (χ4v) is 4.22. The van der Waals surface area contributed by atoms with Gasteiger partial charge in [-0.3, -0.25) is 9.59 Å². The van der Waals surface area contributed by atoms with Crippen LogP contribution in [0.2, 0.25) is 5.02 Å². The quantitative estimate of drug-likeness (QED) is 0.491. The first kappa shape index (κ1) is 18.1. The van der Waals surface area contributed by atoms with Gasteiger partial charge in [0.15, 0.2) is 11.6 Å². The van der Waals surface area contributed by atoms with Gasteiger partial charge in [-0.2, -0.15) is 0 Å². The van der Waals surface area contributed by atoms with Crippen molar-refractivity contribution in [2.24, 2.45) is 22.2 Å². The van der Waals surface area contributed by atoms with Crippen LogP contribution in [0.15, 0.2) is 42.0 Å². The minimum Gasteiger partial charge on any atom is -0.297 e. The summed E-state index contributed by atoms with van der Waals surface area (Å²) >= 11 is 6.00. The summed E-state index contributed by atoms with van der Waals surface area (Å²) in [6.45, 7) is 12.2. The first-order valence-corrected chi connectivity index (χ1v) is 9.07. The smallest absolute Gasteiger partial charge is 0.173 e. The monoisotopic (exact) mass is 356 g/mol. The normalized spacial score (nSPS) is 26.6. The molecule has 3 heteroatoms. The third-order valence-corrected chi connectivity index (χ3v) is 5.80. The molecule has 0 N–H and O–H groups in total. The maximum Gasteiger partial charge on any atom is 0.173 e. The Bertz CT molecular complexity index is 813. The second-order valence-corrected chi connectivity index (χ2v) is 9.61. The summed E-state index contributed by atoms with van der Waals surface area (Å²) in [5.41, 5.74) is 1.01. The molecule has 0 saturated carbocycles. The molecule has 2 aliphatic carbocycles. The fourth-order valence-electron chi connectivity index (χ4n) is 4.09. The van der Waals surface area contributed by atoms with Gasteiger partial charge in [0.2, 0.25) is 0 Å². The minimum atomic E-state index is -1.06. The average Bonchev–Trinajstić information content (AvgIpc) is 2.70. The van der Waals surface area contributed by atoms with Crippen LogP contribution in [-0.4, -0.2) is 11.6 Å². The molecule has 2 nitrogen and oxygen atoms in total. The van der Waals surface area contributed by atoms with Crippen molar-refractivity contribution < 1.29 is 9.59 Å². The Morgan fingerprint density at radius 3 is 2.00 bits per heavy atom. The number of Topliss-reactive ketones (excluding diaryl/α,β-unsaturated/α-hetero) is 1. The van der Waals surface area contributed by atoms with Gasteiger partial charge in [0.1, 0.15) is 5.41 Å². The van der Waals surface area contributed by atoms with E-state index in [1.54, 1.807) is 18.2 Å². The molecule has 0 aromatic heterocycles. The van der Waals surface area contributed by atoms with E-state index in [1.165, 1.54) is 0 Å². The Labute approximate surface area is 155 Å². The summed E-state index contributed by atoms with van der Waals surface area (Å²) in [6.07, 6.45) is 3.66. The Morgan fingerprint density at radius 1 is 0.960 bits per heavy atom. The molecule has 0 radical (unpaired) electrons. The fraction of sp³-hybridized carbons (Fsp3) is 0.455. The summed E-state index contributed by atoms with van der Waals surface area (Å²) in [7, 11) is 0. The average molecular weight is 357 g/mol. The van der Waals surface area contributed by atoms with Gasteiger partial charge in [-0.05, 0) is 40.2 Å². The van der Waals surface area contributed by atoms with Gasteiger partial charge in [0, 0.05) is 5.02 Å². The molecule has 0 aliphatic heterocycles. The zero-order valence-electron chi connectivity index (χ0n) is 15.7. The molecule has 132 valence electrons. The maximum absolute atomic E-state index is 13.5. The Balaban J connectivity index is 2.27. The largest absolute Gasteiger partial charge is 0.297 e. The first-order chi connectivity index (χ1) is 11.4. The number of hydrogen-bond acceptors (Lipinski definition) is 2. The Hall–Kier alpha value is -1.67. The predicted molar refractivity (Wildman–Crippen MR) is 102 cm³/mol. The lowest BCUT2D eigenvalue weighted by atomic mass is 9.59. The molecular formula is C22H25ClO2. The summed E-state index contributed by atoms with van der Waals surface area (Å²) in [5.74, 6) is -0.453. The number of rotatable bonds is 1. The summed E-state index contributed by atoms with van der Waals surface area (Å²) < 4.78 is 0. The SMILES string of the molecule is CC(C)(C)C1=C[C@]2(C(C)(C)C)C(=O)C=C(c3ccc(Cl)cc3)[C@H]1C2=O. The maximum atomic E-state index is 13.5. The van der Waals surface area contributed by atoms with Gasteiger partial charge < -0.3 is 0 Å². The third-order valence-electron chi connectivity index (χ3n) is 5.55. The van der Waals surface area contributed by atoms with E-state index in [2.05, 4.69) is 20.8 Å². The van der Waals surface area contributed by atoms with Crippen molar-refractivity contribution in [1.29, 1.82) is 0 Å². The minimum absolute atomic E-state index is 0.0161. The van der Waals surface area contributed by atoms with E-state index < -0.39 is 10.8 Å². The van der Waals surface area contributed by atoms with E-state index in [0.29, 0.717) is 5.02 Å². The van der Waals surface area contributed by atoms with Gasteiger partial charge in [0.05, 0.1) is 5.92 Å². The van der Waals surface area contributed by atoms with Crippen molar-refractivity contribution in [3.63, 3.8) is 0 Å². The molecule has 2 bridgehead atoms. The standard InChI is InChI=1S/C22H25ClO2/c1-20(2,3)16-12-22(21(4,5)6)17(24)11-15(18(16)19(22)25)13-7-9-14(23)10-8-13/h7-12,18H,1-6H3/t18-,22+/m1/s1. The van der Waals surface area contributed by atoms with Crippen molar-refractivity contribution >= 4 is 28.7 Å². The lowest BCUT2D eigenvalue weighted by molar-refractivity contribution is -0.141. The highest BCUT2D eigenvalue weighted by Crippen LogP contribution is 2.58. The number of allylic oxidation sites excluding steroid dienone is 4. The Kier molecular flexibility index (Phi) is 3.92. The zero-order valence-corrected chi connectivity index (χ0v) is 16.5. The molecule has 0 unspecified atom stereocenters. The van der Waals surface area contributed by atoms with E-state index >= 15 is 0 Å². The highest BCUT2D eigenvalue weighted by Gasteiger charge is 2.62. The van der Waals surface area contributed by atoms with E-state index in [9.17, 15) is 9.59 Å². The number of hydrogen-bond donors (Lipinski definition) is 0. The molecule has 0 fully saturated rings. The molecule has 0 saturated heterocycles. The van der Waals surface area contributed by atoms with E-state index in [0.717, 1.165) is 16.7 Å². The molecule has 1 aromatic rings. The predicted octanol–water partition coefficient (Wildman–Crippen LogP) is 5.51. The van der Waals surface area contributed by atoms with Crippen LogP contribution in [0.3, 0.4) is 0 Å². The van der Waals surface area contributed by atoms with Crippen molar-refractivity contribution in [1.82, 2.24) is 0 Å². The number of ketones is 2. The van der Waals surface area contributed by atoms with Crippen LogP contribution in [0.5, 0.6) is 0 Å². The van der Waals surface area contributed by atoms with Crippen LogP contribution in [0.25, 0.3) is 5.57 Å². The summed E-state index contributed by atoms with van der Waals surface area (Å²) in [5, 5.41) is 0.639. The molecule has 2 atom stereocenters. The zero-order chi connectivity index (χ0) is 18.8. The molecule has 2 aliphatic rings. The van der Waals surface area contributed by atoms with E-state index in [1.807, 2.05) is 39.0 Å². The highest BCUT2D eigenvalue weighted by atomic mass is 35.5. The van der Waals surface area contributed by atoms with Crippen LogP contribution in [0, 0.1) is 22.2 Å². The topological polar surface area (TPSA) is 34.1 Å². The van der Waals surface area contributed by atoms with Crippen molar-refractivity contribution in [2.75, 3.05) is 0 Å². The van der Waals surface area contributed by atoms with Crippen LogP contribution in [0.4, 0.5) is 0 Å². The number of fused-ring (bicyclic) bond motifs is 2.